The van der Waals surface area contributed by atoms with E-state index in [1.54, 1.807) is 36.4 Å². The number of halogens is 2. The first-order chi connectivity index (χ1) is 14.2. The van der Waals surface area contributed by atoms with E-state index in [9.17, 15) is 17.6 Å². The van der Waals surface area contributed by atoms with Gasteiger partial charge in [0.05, 0.1) is 16.6 Å². The van der Waals surface area contributed by atoms with E-state index in [0.29, 0.717) is 16.5 Å². The Labute approximate surface area is 178 Å². The van der Waals surface area contributed by atoms with Crippen molar-refractivity contribution in [1.82, 2.24) is 4.72 Å². The van der Waals surface area contributed by atoms with Crippen LogP contribution < -0.4 is 14.8 Å². The minimum absolute atomic E-state index is 0.153. The van der Waals surface area contributed by atoms with Gasteiger partial charge in [0.15, 0.2) is 5.75 Å². The van der Waals surface area contributed by atoms with Gasteiger partial charge in [0.1, 0.15) is 11.6 Å². The first-order valence-electron chi connectivity index (χ1n) is 8.86. The summed E-state index contributed by atoms with van der Waals surface area (Å²) in [6.07, 6.45) is 0. The molecule has 0 aliphatic heterocycles. The summed E-state index contributed by atoms with van der Waals surface area (Å²) in [6.45, 7) is 1.39. The number of para-hydroxylation sites is 1. The number of carbonyl (C=O) groups is 1. The Kier molecular flexibility index (Phi) is 6.71. The summed E-state index contributed by atoms with van der Waals surface area (Å²) in [7, 11) is -4.02. The van der Waals surface area contributed by atoms with Crippen molar-refractivity contribution in [2.75, 3.05) is 5.32 Å². The lowest BCUT2D eigenvalue weighted by atomic mass is 10.2. The van der Waals surface area contributed by atoms with E-state index >= 15 is 0 Å². The maximum Gasteiger partial charge on any atom is 0.242 e. The molecular formula is C21H18ClFN2O4S. The third-order valence-corrected chi connectivity index (χ3v) is 5.81. The van der Waals surface area contributed by atoms with Crippen LogP contribution >= 0.6 is 11.6 Å². The molecule has 1 atom stereocenters. The first-order valence-corrected chi connectivity index (χ1v) is 10.7. The van der Waals surface area contributed by atoms with E-state index in [1.807, 2.05) is 6.07 Å². The molecule has 2 N–H and O–H groups in total. The summed E-state index contributed by atoms with van der Waals surface area (Å²) in [5.41, 5.74) is 0.282. The summed E-state index contributed by atoms with van der Waals surface area (Å²) in [5, 5.41) is 2.99. The van der Waals surface area contributed by atoms with Gasteiger partial charge in [0, 0.05) is 5.02 Å². The molecule has 0 spiro atoms. The maximum atomic E-state index is 13.0. The van der Waals surface area contributed by atoms with Gasteiger partial charge in [0.2, 0.25) is 15.9 Å². The number of hydrogen-bond acceptors (Lipinski definition) is 4. The van der Waals surface area contributed by atoms with Gasteiger partial charge >= 0.3 is 0 Å². The minimum atomic E-state index is -4.02. The molecule has 0 aliphatic rings. The molecule has 0 bridgehead atoms. The number of benzene rings is 3. The smallest absolute Gasteiger partial charge is 0.242 e. The molecule has 1 amide bonds. The lowest BCUT2D eigenvalue weighted by molar-refractivity contribution is -0.117. The van der Waals surface area contributed by atoms with Crippen LogP contribution in [-0.2, 0) is 14.8 Å². The van der Waals surface area contributed by atoms with Crippen LogP contribution in [0.1, 0.15) is 6.92 Å². The zero-order valence-electron chi connectivity index (χ0n) is 15.8. The molecule has 0 saturated heterocycles. The van der Waals surface area contributed by atoms with Crippen LogP contribution in [0.15, 0.2) is 77.7 Å². The molecule has 0 aromatic heterocycles. The third-order valence-electron chi connectivity index (χ3n) is 4.02. The van der Waals surface area contributed by atoms with E-state index in [2.05, 4.69) is 10.0 Å². The Balaban J connectivity index is 1.75. The molecular weight excluding hydrogens is 431 g/mol. The summed E-state index contributed by atoms with van der Waals surface area (Å²) in [4.78, 5) is 12.4. The predicted octanol–water partition coefficient (Wildman–Crippen LogP) is 4.58. The van der Waals surface area contributed by atoms with Crippen LogP contribution in [0.4, 0.5) is 10.1 Å². The second kappa shape index (κ2) is 9.25. The largest absolute Gasteiger partial charge is 0.455 e. The number of amides is 1. The lowest BCUT2D eigenvalue weighted by Gasteiger charge is -2.17. The Morgan fingerprint density at radius 3 is 2.37 bits per heavy atom. The Morgan fingerprint density at radius 2 is 1.70 bits per heavy atom. The standard InChI is InChI=1S/C21H18ClFN2O4S/c1-14(25-30(27,28)18-10-8-16(23)9-11-18)21(26)24-19-13-15(22)7-12-20(19)29-17-5-3-2-4-6-17/h2-14,25H,1H3,(H,24,26). The van der Waals surface area contributed by atoms with Crippen molar-refractivity contribution < 1.29 is 22.3 Å². The monoisotopic (exact) mass is 448 g/mol. The highest BCUT2D eigenvalue weighted by Gasteiger charge is 2.23. The van der Waals surface area contributed by atoms with Crippen LogP contribution in [0, 0.1) is 5.82 Å². The third kappa shape index (κ3) is 5.56. The maximum absolute atomic E-state index is 13.0. The SMILES string of the molecule is CC(NS(=O)(=O)c1ccc(F)cc1)C(=O)Nc1cc(Cl)ccc1Oc1ccccc1. The van der Waals surface area contributed by atoms with E-state index < -0.39 is 27.8 Å². The Hall–Kier alpha value is -2.94. The van der Waals surface area contributed by atoms with Crippen LogP contribution in [0.3, 0.4) is 0 Å². The van der Waals surface area contributed by atoms with Gasteiger partial charge in [-0.25, -0.2) is 12.8 Å². The highest BCUT2D eigenvalue weighted by atomic mass is 35.5. The second-order valence-electron chi connectivity index (χ2n) is 6.34. The number of anilines is 1. The van der Waals surface area contributed by atoms with Gasteiger partial charge in [-0.05, 0) is 61.5 Å². The number of carbonyl (C=O) groups excluding carboxylic acids is 1. The molecule has 3 aromatic rings. The fraction of sp³-hybridized carbons (Fsp3) is 0.0952. The topological polar surface area (TPSA) is 84.5 Å². The Morgan fingerprint density at radius 1 is 1.03 bits per heavy atom. The van der Waals surface area contributed by atoms with Gasteiger partial charge in [-0.3, -0.25) is 4.79 Å². The van der Waals surface area contributed by atoms with Crippen molar-refractivity contribution in [2.45, 2.75) is 17.9 Å². The Bertz CT molecular complexity index is 1140. The fourth-order valence-electron chi connectivity index (χ4n) is 2.51. The van der Waals surface area contributed by atoms with Crippen LogP contribution in [0.5, 0.6) is 11.5 Å². The van der Waals surface area contributed by atoms with Crippen molar-refractivity contribution in [3.63, 3.8) is 0 Å². The average molecular weight is 449 g/mol. The highest BCUT2D eigenvalue weighted by molar-refractivity contribution is 7.89. The van der Waals surface area contributed by atoms with Crippen molar-refractivity contribution in [3.05, 3.63) is 83.6 Å². The summed E-state index contributed by atoms with van der Waals surface area (Å²) in [6, 6.07) is 16.8. The van der Waals surface area contributed by atoms with Crippen LogP contribution in [0.2, 0.25) is 5.02 Å². The molecule has 0 heterocycles. The molecule has 6 nitrogen and oxygen atoms in total. The first kappa shape index (κ1) is 21.8. The van der Waals surface area contributed by atoms with Crippen LogP contribution in [-0.4, -0.2) is 20.4 Å². The lowest BCUT2D eigenvalue weighted by Crippen LogP contribution is -2.41. The number of rotatable bonds is 7. The molecule has 1 unspecified atom stereocenters. The molecule has 0 aliphatic carbocycles. The summed E-state index contributed by atoms with van der Waals surface area (Å²) >= 11 is 6.03. The summed E-state index contributed by atoms with van der Waals surface area (Å²) < 4.78 is 45.9. The van der Waals surface area contributed by atoms with E-state index in [1.165, 1.54) is 13.0 Å². The zero-order valence-corrected chi connectivity index (χ0v) is 17.4. The van der Waals surface area contributed by atoms with Crippen molar-refractivity contribution >= 4 is 33.2 Å². The van der Waals surface area contributed by atoms with Gasteiger partial charge in [-0.1, -0.05) is 29.8 Å². The van der Waals surface area contributed by atoms with E-state index in [-0.39, 0.29) is 10.6 Å². The number of ether oxygens (including phenoxy) is 1. The fourth-order valence-corrected chi connectivity index (χ4v) is 3.89. The zero-order chi connectivity index (χ0) is 21.7. The number of nitrogens with one attached hydrogen (secondary N) is 2. The van der Waals surface area contributed by atoms with Crippen molar-refractivity contribution in [2.24, 2.45) is 0 Å². The van der Waals surface area contributed by atoms with E-state index in [4.69, 9.17) is 16.3 Å². The molecule has 156 valence electrons. The molecule has 0 saturated carbocycles. The van der Waals surface area contributed by atoms with E-state index in [0.717, 1.165) is 24.3 Å². The van der Waals surface area contributed by atoms with Gasteiger partial charge in [-0.2, -0.15) is 4.72 Å². The number of sulfonamides is 1. The van der Waals surface area contributed by atoms with Gasteiger partial charge in [-0.15, -0.1) is 0 Å². The molecule has 9 heteroatoms. The molecule has 0 radical (unpaired) electrons. The minimum Gasteiger partial charge on any atom is -0.455 e. The van der Waals surface area contributed by atoms with Gasteiger partial charge < -0.3 is 10.1 Å². The average Bonchev–Trinajstić information content (AvgIpc) is 2.71. The van der Waals surface area contributed by atoms with Crippen molar-refractivity contribution in [1.29, 1.82) is 0 Å². The molecule has 30 heavy (non-hydrogen) atoms. The molecule has 3 aromatic carbocycles. The highest BCUT2D eigenvalue weighted by Crippen LogP contribution is 2.32. The van der Waals surface area contributed by atoms with Crippen LogP contribution in [0.25, 0.3) is 0 Å². The molecule has 0 fully saturated rings. The number of hydrogen-bond donors (Lipinski definition) is 2. The van der Waals surface area contributed by atoms with Gasteiger partial charge in [0.25, 0.3) is 0 Å². The summed E-state index contributed by atoms with van der Waals surface area (Å²) in [5.74, 6) is -0.291. The predicted molar refractivity (Wildman–Crippen MR) is 113 cm³/mol. The normalized spacial score (nSPS) is 12.2. The van der Waals surface area contributed by atoms with Crippen molar-refractivity contribution in [3.8, 4) is 11.5 Å². The second-order valence-corrected chi connectivity index (χ2v) is 8.49. The molecule has 3 rings (SSSR count). The quantitative estimate of drug-likeness (QED) is 0.554.